The summed E-state index contributed by atoms with van der Waals surface area (Å²) in [6.45, 7) is 9.62. The van der Waals surface area contributed by atoms with Gasteiger partial charge in [0.1, 0.15) is 0 Å². The number of nitrogens with zero attached hydrogens (tertiary/aromatic N) is 5. The Hall–Kier alpha value is -2.38. The van der Waals surface area contributed by atoms with Gasteiger partial charge in [-0.25, -0.2) is 4.79 Å². The topological polar surface area (TPSA) is 53.8 Å². The molecule has 1 amide bonds. The fourth-order valence-corrected chi connectivity index (χ4v) is 3.69. The summed E-state index contributed by atoms with van der Waals surface area (Å²) < 4.78 is 6.89. The van der Waals surface area contributed by atoms with Gasteiger partial charge in [0.25, 0.3) is 0 Å². The van der Waals surface area contributed by atoms with E-state index in [9.17, 15) is 4.79 Å². The molecule has 144 valence electrons. The van der Waals surface area contributed by atoms with Gasteiger partial charge >= 0.3 is 6.03 Å². The van der Waals surface area contributed by atoms with Gasteiger partial charge in [0.2, 0.25) is 0 Å². The van der Waals surface area contributed by atoms with Crippen LogP contribution in [0.3, 0.4) is 0 Å². The van der Waals surface area contributed by atoms with E-state index in [0.29, 0.717) is 0 Å². The fourth-order valence-electron chi connectivity index (χ4n) is 3.69. The van der Waals surface area contributed by atoms with E-state index >= 15 is 0 Å². The zero-order valence-corrected chi connectivity index (χ0v) is 15.9. The van der Waals surface area contributed by atoms with Crippen LogP contribution in [0.2, 0.25) is 0 Å². The molecular weight excluding hydrogens is 342 g/mol. The number of amides is 1. The molecule has 2 saturated heterocycles. The molecule has 27 heavy (non-hydrogen) atoms. The van der Waals surface area contributed by atoms with E-state index in [2.05, 4.69) is 39.2 Å². The summed E-state index contributed by atoms with van der Waals surface area (Å²) in [6.07, 6.45) is 3.50. The summed E-state index contributed by atoms with van der Waals surface area (Å²) in [5.74, 6) is 0. The predicted molar refractivity (Wildman–Crippen MR) is 104 cm³/mol. The highest BCUT2D eigenvalue weighted by atomic mass is 16.5. The van der Waals surface area contributed by atoms with Crippen LogP contribution in [0.25, 0.3) is 0 Å². The first-order valence-corrected chi connectivity index (χ1v) is 9.63. The molecular formula is C20H27N5O2. The van der Waals surface area contributed by atoms with Crippen LogP contribution in [-0.2, 0) is 11.3 Å². The third-order valence-corrected chi connectivity index (χ3v) is 5.24. The van der Waals surface area contributed by atoms with Gasteiger partial charge in [0.05, 0.1) is 19.4 Å². The van der Waals surface area contributed by atoms with Crippen molar-refractivity contribution in [1.82, 2.24) is 19.6 Å². The molecule has 0 bridgehead atoms. The molecule has 2 aromatic rings. The molecule has 0 atom stereocenters. The summed E-state index contributed by atoms with van der Waals surface area (Å²) in [4.78, 5) is 19.2. The maximum absolute atomic E-state index is 12.5. The van der Waals surface area contributed by atoms with Gasteiger partial charge in [-0.1, -0.05) is 12.1 Å². The van der Waals surface area contributed by atoms with Gasteiger partial charge in [0, 0.05) is 57.7 Å². The Kier molecular flexibility index (Phi) is 5.40. The van der Waals surface area contributed by atoms with Crippen molar-refractivity contribution < 1.29 is 9.53 Å². The van der Waals surface area contributed by atoms with Crippen LogP contribution in [0.4, 0.5) is 10.5 Å². The number of morpholine rings is 1. The lowest BCUT2D eigenvalue weighted by Gasteiger charge is -2.34. The molecule has 2 aliphatic rings. The number of carbonyl (C=O) groups is 1. The van der Waals surface area contributed by atoms with Gasteiger partial charge in [-0.3, -0.25) is 4.90 Å². The van der Waals surface area contributed by atoms with Gasteiger partial charge in [0.15, 0.2) is 0 Å². The number of aromatic nitrogens is 2. The highest BCUT2D eigenvalue weighted by Crippen LogP contribution is 2.19. The quantitative estimate of drug-likeness (QED) is 0.826. The van der Waals surface area contributed by atoms with Crippen LogP contribution in [0.15, 0.2) is 36.7 Å². The Balaban J connectivity index is 1.32. The van der Waals surface area contributed by atoms with Gasteiger partial charge < -0.3 is 14.5 Å². The Labute approximate surface area is 160 Å². The second-order valence-electron chi connectivity index (χ2n) is 7.28. The molecule has 2 aliphatic heterocycles. The Morgan fingerprint density at radius 1 is 1.11 bits per heavy atom. The zero-order valence-electron chi connectivity index (χ0n) is 15.9. The van der Waals surface area contributed by atoms with Gasteiger partial charge in [-0.05, 0) is 30.2 Å². The summed E-state index contributed by atoms with van der Waals surface area (Å²) >= 11 is 0. The second kappa shape index (κ2) is 8.10. The fraction of sp³-hybridized carbons (Fsp3) is 0.500. The molecule has 2 fully saturated rings. The Morgan fingerprint density at radius 3 is 2.59 bits per heavy atom. The first kappa shape index (κ1) is 18.0. The molecule has 0 unspecified atom stereocenters. The minimum absolute atomic E-state index is 0.0305. The standard InChI is InChI=1S/C20H27N5O2/c1-17-14-21-25(15-17)20(26)24-7-5-22(6-8-24)16-18-3-2-4-19(13-18)23-9-11-27-12-10-23/h2-4,13-15H,5-12,16H2,1H3. The minimum Gasteiger partial charge on any atom is -0.378 e. The van der Waals surface area contributed by atoms with E-state index in [0.717, 1.165) is 64.6 Å². The van der Waals surface area contributed by atoms with Crippen LogP contribution >= 0.6 is 0 Å². The maximum atomic E-state index is 12.5. The SMILES string of the molecule is Cc1cnn(C(=O)N2CCN(Cc3cccc(N4CCOCC4)c3)CC2)c1. The zero-order chi connectivity index (χ0) is 18.6. The first-order chi connectivity index (χ1) is 13.2. The first-order valence-electron chi connectivity index (χ1n) is 9.63. The number of rotatable bonds is 3. The van der Waals surface area contributed by atoms with Crippen molar-refractivity contribution in [2.75, 3.05) is 57.4 Å². The number of hydrogen-bond donors (Lipinski definition) is 0. The third-order valence-electron chi connectivity index (χ3n) is 5.24. The number of carbonyl (C=O) groups excluding carboxylic acids is 1. The summed E-state index contributed by atoms with van der Waals surface area (Å²) in [6, 6.07) is 8.76. The number of ether oxygens (including phenoxy) is 1. The number of piperazine rings is 1. The molecule has 4 rings (SSSR count). The van der Waals surface area contributed by atoms with Gasteiger partial charge in [-0.2, -0.15) is 9.78 Å². The van der Waals surface area contributed by atoms with Crippen molar-refractivity contribution in [3.8, 4) is 0 Å². The molecule has 1 aromatic carbocycles. The summed E-state index contributed by atoms with van der Waals surface area (Å²) in [7, 11) is 0. The van der Waals surface area contributed by atoms with Gasteiger partial charge in [-0.15, -0.1) is 0 Å². The molecule has 3 heterocycles. The molecule has 0 aliphatic carbocycles. The van der Waals surface area contributed by atoms with Crippen LogP contribution < -0.4 is 4.90 Å². The van der Waals surface area contributed by atoms with E-state index in [1.165, 1.54) is 15.9 Å². The molecule has 0 radical (unpaired) electrons. The van der Waals surface area contributed by atoms with Crippen molar-refractivity contribution in [2.45, 2.75) is 13.5 Å². The number of hydrogen-bond acceptors (Lipinski definition) is 5. The van der Waals surface area contributed by atoms with Crippen molar-refractivity contribution >= 4 is 11.7 Å². The molecule has 7 nitrogen and oxygen atoms in total. The smallest absolute Gasteiger partial charge is 0.344 e. The predicted octanol–water partition coefficient (Wildman–Crippen LogP) is 1.81. The van der Waals surface area contributed by atoms with Crippen molar-refractivity contribution in [3.05, 3.63) is 47.8 Å². The minimum atomic E-state index is -0.0305. The number of aryl methyl sites for hydroxylation is 1. The Morgan fingerprint density at radius 2 is 1.89 bits per heavy atom. The average molecular weight is 369 g/mol. The third kappa shape index (κ3) is 4.31. The van der Waals surface area contributed by atoms with Crippen LogP contribution in [0.1, 0.15) is 11.1 Å². The molecule has 0 N–H and O–H groups in total. The van der Waals surface area contributed by atoms with E-state index in [-0.39, 0.29) is 6.03 Å². The average Bonchev–Trinajstić information content (AvgIpc) is 3.15. The molecule has 0 saturated carbocycles. The maximum Gasteiger partial charge on any atom is 0.344 e. The largest absolute Gasteiger partial charge is 0.378 e. The number of benzene rings is 1. The molecule has 7 heteroatoms. The molecule has 1 aromatic heterocycles. The van der Waals surface area contributed by atoms with Crippen molar-refractivity contribution in [1.29, 1.82) is 0 Å². The second-order valence-corrected chi connectivity index (χ2v) is 7.28. The van der Waals surface area contributed by atoms with Crippen LogP contribution in [0.5, 0.6) is 0 Å². The Bertz CT molecular complexity index is 776. The van der Waals surface area contributed by atoms with E-state index < -0.39 is 0 Å². The highest BCUT2D eigenvalue weighted by molar-refractivity contribution is 5.76. The van der Waals surface area contributed by atoms with E-state index in [1.54, 1.807) is 12.4 Å². The monoisotopic (exact) mass is 369 g/mol. The summed E-state index contributed by atoms with van der Waals surface area (Å²) in [5, 5.41) is 4.13. The molecule has 0 spiro atoms. The normalized spacial score (nSPS) is 18.7. The highest BCUT2D eigenvalue weighted by Gasteiger charge is 2.23. The lowest BCUT2D eigenvalue weighted by atomic mass is 10.1. The number of anilines is 1. The van der Waals surface area contributed by atoms with Crippen LogP contribution in [-0.4, -0.2) is 78.1 Å². The van der Waals surface area contributed by atoms with E-state index in [1.807, 2.05) is 11.8 Å². The lowest BCUT2D eigenvalue weighted by Crippen LogP contribution is -2.49. The van der Waals surface area contributed by atoms with Crippen LogP contribution in [0, 0.1) is 6.92 Å². The lowest BCUT2D eigenvalue weighted by molar-refractivity contribution is 0.122. The summed E-state index contributed by atoms with van der Waals surface area (Å²) in [5.41, 5.74) is 3.60. The van der Waals surface area contributed by atoms with Crippen molar-refractivity contribution in [2.24, 2.45) is 0 Å². The van der Waals surface area contributed by atoms with E-state index in [4.69, 9.17) is 4.74 Å². The van der Waals surface area contributed by atoms with Crippen molar-refractivity contribution in [3.63, 3.8) is 0 Å².